The van der Waals surface area contributed by atoms with E-state index >= 15 is 0 Å². The zero-order chi connectivity index (χ0) is 22.2. The van der Waals surface area contributed by atoms with Crippen LogP contribution >= 0.6 is 0 Å². The summed E-state index contributed by atoms with van der Waals surface area (Å²) in [4.78, 5) is 2.55. The number of nitrogens with zero attached hydrogens (tertiary/aromatic N) is 1. The van der Waals surface area contributed by atoms with E-state index in [0.29, 0.717) is 19.1 Å². The summed E-state index contributed by atoms with van der Waals surface area (Å²) in [6.45, 7) is 5.11. The summed E-state index contributed by atoms with van der Waals surface area (Å²) in [6.07, 6.45) is 6.48. The van der Waals surface area contributed by atoms with Crippen LogP contribution in [0.15, 0.2) is 48.0 Å². The highest BCUT2D eigenvalue weighted by Crippen LogP contribution is 2.33. The molecule has 5 nitrogen and oxygen atoms in total. The van der Waals surface area contributed by atoms with Crippen molar-refractivity contribution in [3.05, 3.63) is 53.6 Å². The molecule has 1 saturated heterocycles. The van der Waals surface area contributed by atoms with E-state index in [0.717, 1.165) is 68.9 Å². The molecule has 5 heteroatoms. The number of benzene rings is 2. The Morgan fingerprint density at radius 1 is 1.03 bits per heavy atom. The summed E-state index contributed by atoms with van der Waals surface area (Å²) in [7, 11) is 1.67. The van der Waals surface area contributed by atoms with E-state index in [1.54, 1.807) is 7.11 Å². The van der Waals surface area contributed by atoms with Gasteiger partial charge in [-0.25, -0.2) is 0 Å². The van der Waals surface area contributed by atoms with Crippen LogP contribution in [-0.2, 0) is 9.47 Å². The normalized spacial score (nSPS) is 18.9. The van der Waals surface area contributed by atoms with Gasteiger partial charge in [0.2, 0.25) is 0 Å². The average Bonchev–Trinajstić information content (AvgIpc) is 2.82. The maximum absolute atomic E-state index is 9.85. The van der Waals surface area contributed by atoms with Crippen molar-refractivity contribution in [1.29, 1.82) is 0 Å². The minimum atomic E-state index is 0.122. The summed E-state index contributed by atoms with van der Waals surface area (Å²) in [5, 5.41) is 9.85. The molecule has 2 aromatic carbocycles. The van der Waals surface area contributed by atoms with Crippen LogP contribution in [-0.4, -0.2) is 58.3 Å². The maximum atomic E-state index is 9.85. The first-order valence-corrected chi connectivity index (χ1v) is 11.8. The monoisotopic (exact) mass is 437 g/mol. The lowest BCUT2D eigenvalue weighted by atomic mass is 9.95. The topological polar surface area (TPSA) is 51.2 Å². The Bertz CT molecular complexity index is 887. The Morgan fingerprint density at radius 2 is 1.81 bits per heavy atom. The van der Waals surface area contributed by atoms with Crippen molar-refractivity contribution in [3.63, 3.8) is 0 Å². The van der Waals surface area contributed by atoms with Gasteiger partial charge in [0.25, 0.3) is 0 Å². The molecule has 0 aromatic heterocycles. The van der Waals surface area contributed by atoms with Crippen molar-refractivity contribution in [2.45, 2.75) is 25.7 Å². The molecular formula is C27H35NO4. The van der Waals surface area contributed by atoms with Crippen LogP contribution in [0, 0.1) is 5.92 Å². The van der Waals surface area contributed by atoms with Gasteiger partial charge in [-0.15, -0.1) is 0 Å². The van der Waals surface area contributed by atoms with Crippen LogP contribution in [0.1, 0.15) is 31.2 Å². The fourth-order valence-corrected chi connectivity index (χ4v) is 4.59. The predicted molar refractivity (Wildman–Crippen MR) is 129 cm³/mol. The summed E-state index contributed by atoms with van der Waals surface area (Å²) < 4.78 is 16.3. The van der Waals surface area contributed by atoms with E-state index in [1.165, 1.54) is 16.8 Å². The second-order valence-corrected chi connectivity index (χ2v) is 8.71. The van der Waals surface area contributed by atoms with Gasteiger partial charge in [-0.05, 0) is 78.1 Å². The van der Waals surface area contributed by atoms with E-state index in [9.17, 15) is 5.11 Å². The standard InChI is InChI=1S/C27H35NO4/c1-30-15-16-32-26-7-4-23(5-8-26)24-6-9-27-25(18-24)17-22(20-29)3-2-12-28(27)19-21-10-13-31-14-11-21/h4-9,17-18,21,29H,2-3,10-16,19-20H2,1H3/b22-17+. The van der Waals surface area contributed by atoms with Crippen LogP contribution in [0.5, 0.6) is 5.75 Å². The molecule has 2 aliphatic heterocycles. The highest BCUT2D eigenvalue weighted by atomic mass is 16.5. The minimum Gasteiger partial charge on any atom is -0.491 e. The number of rotatable bonds is 8. The molecule has 0 amide bonds. The largest absolute Gasteiger partial charge is 0.491 e. The molecule has 0 saturated carbocycles. The third-order valence-electron chi connectivity index (χ3n) is 6.42. The number of aliphatic hydroxyl groups is 1. The molecule has 2 aromatic rings. The smallest absolute Gasteiger partial charge is 0.119 e. The Morgan fingerprint density at radius 3 is 2.56 bits per heavy atom. The average molecular weight is 438 g/mol. The molecule has 0 spiro atoms. The van der Waals surface area contributed by atoms with E-state index in [1.807, 2.05) is 12.1 Å². The van der Waals surface area contributed by atoms with Gasteiger partial charge in [0.05, 0.1) is 13.2 Å². The fourth-order valence-electron chi connectivity index (χ4n) is 4.59. The lowest BCUT2D eigenvalue weighted by molar-refractivity contribution is 0.0682. The number of hydrogen-bond donors (Lipinski definition) is 1. The Labute approximate surface area is 191 Å². The van der Waals surface area contributed by atoms with E-state index in [4.69, 9.17) is 14.2 Å². The summed E-state index contributed by atoms with van der Waals surface area (Å²) in [5.41, 5.74) is 5.90. The first kappa shape index (κ1) is 22.8. The lowest BCUT2D eigenvalue weighted by Gasteiger charge is -2.33. The molecule has 1 fully saturated rings. The Kier molecular flexibility index (Phi) is 8.21. The first-order valence-electron chi connectivity index (χ1n) is 11.8. The minimum absolute atomic E-state index is 0.122. The zero-order valence-electron chi connectivity index (χ0n) is 19.1. The molecule has 1 N–H and O–H groups in total. The highest BCUT2D eigenvalue weighted by molar-refractivity contribution is 5.77. The van der Waals surface area contributed by atoms with Gasteiger partial charge in [-0.2, -0.15) is 0 Å². The molecule has 0 bridgehead atoms. The molecule has 0 radical (unpaired) electrons. The van der Waals surface area contributed by atoms with E-state index < -0.39 is 0 Å². The van der Waals surface area contributed by atoms with Gasteiger partial charge < -0.3 is 24.2 Å². The fraction of sp³-hybridized carbons (Fsp3) is 0.481. The van der Waals surface area contributed by atoms with Gasteiger partial charge in [0.1, 0.15) is 12.4 Å². The third kappa shape index (κ3) is 5.91. The molecule has 4 rings (SSSR count). The summed E-state index contributed by atoms with van der Waals surface area (Å²) in [6, 6.07) is 14.9. The van der Waals surface area contributed by atoms with Gasteiger partial charge in [-0.3, -0.25) is 0 Å². The summed E-state index contributed by atoms with van der Waals surface area (Å²) in [5.74, 6) is 1.53. The molecule has 0 aliphatic carbocycles. The first-order chi connectivity index (χ1) is 15.8. The molecule has 32 heavy (non-hydrogen) atoms. The van der Waals surface area contributed by atoms with E-state index in [2.05, 4.69) is 41.3 Å². The van der Waals surface area contributed by atoms with Crippen LogP contribution in [0.25, 0.3) is 17.2 Å². The molecular weight excluding hydrogens is 402 g/mol. The maximum Gasteiger partial charge on any atom is 0.119 e. The van der Waals surface area contributed by atoms with Gasteiger partial charge >= 0.3 is 0 Å². The third-order valence-corrected chi connectivity index (χ3v) is 6.42. The number of ether oxygens (including phenoxy) is 3. The van der Waals surface area contributed by atoms with Crippen molar-refractivity contribution in [1.82, 2.24) is 0 Å². The van der Waals surface area contributed by atoms with Crippen LogP contribution in [0.4, 0.5) is 5.69 Å². The SMILES string of the molecule is COCCOc1ccc(-c2ccc3c(c2)/C=C(/CO)CCCN3CC2CCOCC2)cc1. The van der Waals surface area contributed by atoms with Crippen LogP contribution in [0.3, 0.4) is 0 Å². The van der Waals surface area contributed by atoms with Crippen molar-refractivity contribution >= 4 is 11.8 Å². The van der Waals surface area contributed by atoms with E-state index in [-0.39, 0.29) is 6.61 Å². The number of anilines is 1. The second kappa shape index (κ2) is 11.5. The number of methoxy groups -OCH3 is 1. The number of aliphatic hydroxyl groups excluding tert-OH is 1. The van der Waals surface area contributed by atoms with Crippen LogP contribution in [0.2, 0.25) is 0 Å². The Balaban J connectivity index is 1.58. The quantitative estimate of drug-likeness (QED) is 0.602. The molecule has 172 valence electrons. The summed E-state index contributed by atoms with van der Waals surface area (Å²) >= 11 is 0. The molecule has 2 aliphatic rings. The zero-order valence-corrected chi connectivity index (χ0v) is 19.1. The Hall–Kier alpha value is -2.34. The van der Waals surface area contributed by atoms with Crippen molar-refractivity contribution in [2.24, 2.45) is 5.92 Å². The molecule has 2 heterocycles. The predicted octanol–water partition coefficient (Wildman–Crippen LogP) is 4.78. The van der Waals surface area contributed by atoms with Gasteiger partial charge in [0.15, 0.2) is 0 Å². The van der Waals surface area contributed by atoms with Gasteiger partial charge in [-0.1, -0.05) is 24.3 Å². The van der Waals surface area contributed by atoms with Gasteiger partial charge in [0, 0.05) is 39.1 Å². The van der Waals surface area contributed by atoms with Crippen molar-refractivity contribution in [2.75, 3.05) is 58.1 Å². The lowest BCUT2D eigenvalue weighted by Crippen LogP contribution is -2.34. The second-order valence-electron chi connectivity index (χ2n) is 8.71. The number of hydrogen-bond acceptors (Lipinski definition) is 5. The molecule has 0 atom stereocenters. The van der Waals surface area contributed by atoms with Crippen LogP contribution < -0.4 is 9.64 Å². The van der Waals surface area contributed by atoms with Crippen molar-refractivity contribution in [3.8, 4) is 16.9 Å². The van der Waals surface area contributed by atoms with Crippen molar-refractivity contribution < 1.29 is 19.3 Å². The highest BCUT2D eigenvalue weighted by Gasteiger charge is 2.21. The molecule has 0 unspecified atom stereocenters. The number of fused-ring (bicyclic) bond motifs is 1.